The number of hydrogen-bond acceptors (Lipinski definition) is 2. The van der Waals surface area contributed by atoms with Crippen LogP contribution >= 0.6 is 27.5 Å². The van der Waals surface area contributed by atoms with Crippen LogP contribution in [-0.2, 0) is 6.54 Å². The van der Waals surface area contributed by atoms with E-state index in [-0.39, 0.29) is 5.91 Å². The van der Waals surface area contributed by atoms with Gasteiger partial charge in [0.1, 0.15) is 11.4 Å². The summed E-state index contributed by atoms with van der Waals surface area (Å²) in [7, 11) is 1.55. The third-order valence-corrected chi connectivity index (χ3v) is 3.64. The first-order chi connectivity index (χ1) is 10.0. The smallest absolute Gasteiger partial charge is 0.272 e. The van der Waals surface area contributed by atoms with Gasteiger partial charge in [0.25, 0.3) is 5.91 Å². The molecule has 0 bridgehead atoms. The van der Waals surface area contributed by atoms with Gasteiger partial charge in [-0.25, -0.2) is 0 Å². The summed E-state index contributed by atoms with van der Waals surface area (Å²) in [5.74, 6) is 0.370. The van der Waals surface area contributed by atoms with Crippen LogP contribution in [0.1, 0.15) is 23.8 Å². The fourth-order valence-corrected chi connectivity index (χ4v) is 2.69. The lowest BCUT2D eigenvalue weighted by molar-refractivity contribution is 0.101. The normalized spacial score (nSPS) is 10.5. The van der Waals surface area contributed by atoms with Gasteiger partial charge in [-0.05, 0) is 46.6 Å². The molecule has 0 aliphatic heterocycles. The van der Waals surface area contributed by atoms with Crippen LogP contribution in [0.4, 0.5) is 5.69 Å². The molecule has 0 radical (unpaired) electrons. The Bertz CT molecular complexity index is 655. The molecule has 1 amide bonds. The van der Waals surface area contributed by atoms with Gasteiger partial charge in [0.05, 0.1) is 12.8 Å². The van der Waals surface area contributed by atoms with Gasteiger partial charge in [0.15, 0.2) is 0 Å². The molecule has 1 aromatic carbocycles. The van der Waals surface area contributed by atoms with Crippen LogP contribution in [0.2, 0.25) is 5.02 Å². The minimum atomic E-state index is -0.199. The Balaban J connectivity index is 2.28. The van der Waals surface area contributed by atoms with E-state index in [1.807, 2.05) is 10.8 Å². The fraction of sp³-hybridized carbons (Fsp3) is 0.267. The third kappa shape index (κ3) is 3.80. The molecule has 0 fully saturated rings. The number of carbonyl (C=O) groups is 1. The van der Waals surface area contributed by atoms with E-state index in [9.17, 15) is 4.79 Å². The maximum Gasteiger partial charge on any atom is 0.272 e. The molecular weight excluding hydrogens is 356 g/mol. The monoisotopic (exact) mass is 370 g/mol. The van der Waals surface area contributed by atoms with Crippen LogP contribution in [0, 0.1) is 0 Å². The predicted molar refractivity (Wildman–Crippen MR) is 88.4 cm³/mol. The van der Waals surface area contributed by atoms with Crippen LogP contribution in [0.3, 0.4) is 0 Å². The fourth-order valence-electron chi connectivity index (χ4n) is 2.06. The zero-order valence-electron chi connectivity index (χ0n) is 11.8. The number of amides is 1. The zero-order chi connectivity index (χ0) is 15.4. The van der Waals surface area contributed by atoms with E-state index in [0.717, 1.165) is 17.4 Å². The summed E-state index contributed by atoms with van der Waals surface area (Å²) >= 11 is 9.37. The van der Waals surface area contributed by atoms with Gasteiger partial charge in [-0.1, -0.05) is 18.5 Å². The number of halogens is 2. The molecule has 0 saturated heterocycles. The van der Waals surface area contributed by atoms with Crippen LogP contribution in [0.25, 0.3) is 0 Å². The third-order valence-electron chi connectivity index (χ3n) is 2.97. The number of nitrogens with one attached hydrogen (secondary N) is 1. The number of hydrogen-bond donors (Lipinski definition) is 1. The Morgan fingerprint density at radius 2 is 2.19 bits per heavy atom. The van der Waals surface area contributed by atoms with E-state index in [1.165, 1.54) is 0 Å². The van der Waals surface area contributed by atoms with Crippen LogP contribution in [0.5, 0.6) is 5.75 Å². The van der Waals surface area contributed by atoms with E-state index in [4.69, 9.17) is 16.3 Å². The molecule has 0 spiro atoms. The number of anilines is 1. The molecule has 0 unspecified atom stereocenters. The van der Waals surface area contributed by atoms with E-state index in [0.29, 0.717) is 22.2 Å². The first-order valence-corrected chi connectivity index (χ1v) is 7.72. The number of benzene rings is 1. The summed E-state index contributed by atoms with van der Waals surface area (Å²) in [4.78, 5) is 12.5. The molecule has 21 heavy (non-hydrogen) atoms. The van der Waals surface area contributed by atoms with Crippen LogP contribution in [0.15, 0.2) is 34.9 Å². The molecular formula is C15H16BrClN2O2. The SMILES string of the molecule is CCCn1cc(Br)cc1C(=O)Nc1cc(Cl)ccc1OC. The number of ether oxygens (including phenoxy) is 1. The Kier molecular flexibility index (Phi) is 5.31. The van der Waals surface area contributed by atoms with Crippen molar-refractivity contribution in [3.63, 3.8) is 0 Å². The second-order valence-electron chi connectivity index (χ2n) is 4.54. The zero-order valence-corrected chi connectivity index (χ0v) is 14.2. The van der Waals surface area contributed by atoms with Crippen molar-refractivity contribution >= 4 is 39.1 Å². The molecule has 112 valence electrons. The largest absolute Gasteiger partial charge is 0.495 e. The summed E-state index contributed by atoms with van der Waals surface area (Å²) in [6, 6.07) is 6.90. The molecule has 4 nitrogen and oxygen atoms in total. The first-order valence-electron chi connectivity index (χ1n) is 6.55. The van der Waals surface area contributed by atoms with Gasteiger partial charge in [0.2, 0.25) is 0 Å². The molecule has 2 aromatic rings. The highest BCUT2D eigenvalue weighted by Crippen LogP contribution is 2.28. The average molecular weight is 372 g/mol. The lowest BCUT2D eigenvalue weighted by Crippen LogP contribution is -2.17. The van der Waals surface area contributed by atoms with E-state index >= 15 is 0 Å². The lowest BCUT2D eigenvalue weighted by Gasteiger charge is -2.12. The van der Waals surface area contributed by atoms with Crippen LogP contribution in [-0.4, -0.2) is 17.6 Å². The quantitative estimate of drug-likeness (QED) is 0.836. The van der Waals surface area contributed by atoms with Crippen molar-refractivity contribution in [2.75, 3.05) is 12.4 Å². The van der Waals surface area contributed by atoms with Crippen LogP contribution < -0.4 is 10.1 Å². The minimum absolute atomic E-state index is 0.199. The molecule has 0 atom stereocenters. The Morgan fingerprint density at radius 3 is 2.86 bits per heavy atom. The standard InChI is InChI=1S/C15H16BrClN2O2/c1-3-6-19-9-10(16)7-13(19)15(20)18-12-8-11(17)4-5-14(12)21-2/h4-5,7-9H,3,6H2,1-2H3,(H,18,20). The van der Waals surface area contributed by atoms with Crippen molar-refractivity contribution < 1.29 is 9.53 Å². The molecule has 1 aromatic heterocycles. The molecule has 0 aliphatic carbocycles. The number of methoxy groups -OCH3 is 1. The molecule has 0 aliphatic rings. The highest BCUT2D eigenvalue weighted by Gasteiger charge is 2.15. The van der Waals surface area contributed by atoms with E-state index < -0.39 is 0 Å². The summed E-state index contributed by atoms with van der Waals surface area (Å²) < 4.78 is 8.02. The molecule has 2 rings (SSSR count). The van der Waals surface area contributed by atoms with Gasteiger partial charge in [-0.3, -0.25) is 4.79 Å². The Hall–Kier alpha value is -1.46. The first kappa shape index (κ1) is 15.9. The second kappa shape index (κ2) is 7.00. The number of nitrogens with zero attached hydrogens (tertiary/aromatic N) is 1. The number of aromatic nitrogens is 1. The number of rotatable bonds is 5. The predicted octanol–water partition coefficient (Wildman–Crippen LogP) is 4.57. The van der Waals surface area contributed by atoms with Gasteiger partial charge in [-0.15, -0.1) is 0 Å². The lowest BCUT2D eigenvalue weighted by atomic mass is 10.2. The Labute approximate surface area is 137 Å². The topological polar surface area (TPSA) is 43.3 Å². The average Bonchev–Trinajstić information content (AvgIpc) is 2.80. The molecule has 6 heteroatoms. The van der Waals surface area contributed by atoms with Crippen molar-refractivity contribution in [1.82, 2.24) is 4.57 Å². The maximum absolute atomic E-state index is 12.5. The number of carbonyl (C=O) groups excluding carboxylic acids is 1. The molecule has 0 saturated carbocycles. The summed E-state index contributed by atoms with van der Waals surface area (Å²) in [5, 5.41) is 3.38. The van der Waals surface area contributed by atoms with Gasteiger partial charge in [0, 0.05) is 22.2 Å². The number of aryl methyl sites for hydroxylation is 1. The highest BCUT2D eigenvalue weighted by atomic mass is 79.9. The molecule has 1 heterocycles. The molecule has 1 N–H and O–H groups in total. The maximum atomic E-state index is 12.5. The van der Waals surface area contributed by atoms with Gasteiger partial charge < -0.3 is 14.6 Å². The minimum Gasteiger partial charge on any atom is -0.495 e. The summed E-state index contributed by atoms with van der Waals surface area (Å²) in [5.41, 5.74) is 1.14. The van der Waals surface area contributed by atoms with Gasteiger partial charge in [-0.2, -0.15) is 0 Å². The Morgan fingerprint density at radius 1 is 1.43 bits per heavy atom. The van der Waals surface area contributed by atoms with E-state index in [2.05, 4.69) is 28.2 Å². The van der Waals surface area contributed by atoms with E-state index in [1.54, 1.807) is 31.4 Å². The second-order valence-corrected chi connectivity index (χ2v) is 5.89. The van der Waals surface area contributed by atoms with Crippen molar-refractivity contribution in [2.24, 2.45) is 0 Å². The highest BCUT2D eigenvalue weighted by molar-refractivity contribution is 9.10. The summed E-state index contributed by atoms with van der Waals surface area (Å²) in [6.07, 6.45) is 2.84. The van der Waals surface area contributed by atoms with Crippen molar-refractivity contribution in [2.45, 2.75) is 19.9 Å². The van der Waals surface area contributed by atoms with Crippen molar-refractivity contribution in [3.8, 4) is 5.75 Å². The van der Waals surface area contributed by atoms with Gasteiger partial charge >= 0.3 is 0 Å². The summed E-state index contributed by atoms with van der Waals surface area (Å²) in [6.45, 7) is 2.84. The van der Waals surface area contributed by atoms with Crippen molar-refractivity contribution in [1.29, 1.82) is 0 Å². The van der Waals surface area contributed by atoms with Crippen molar-refractivity contribution in [3.05, 3.63) is 45.7 Å².